The molecule has 27 nitrogen and oxygen atoms in total. The van der Waals surface area contributed by atoms with Crippen molar-refractivity contribution in [2.75, 3.05) is 112 Å². The lowest BCUT2D eigenvalue weighted by molar-refractivity contribution is -0.172. The van der Waals surface area contributed by atoms with Gasteiger partial charge in [-0.3, -0.25) is 48.1 Å². The number of aromatic nitrogens is 2. The Morgan fingerprint density at radius 3 is 1.86 bits per heavy atom. The number of benzene rings is 1. The van der Waals surface area contributed by atoms with E-state index in [1.807, 2.05) is 31.2 Å². The van der Waals surface area contributed by atoms with E-state index in [4.69, 9.17) is 38.1 Å². The highest BCUT2D eigenvalue weighted by atomic mass is 16.6. The Kier molecular flexibility index (Phi) is 25.4. The standard InChI is InChI=1S/C57H77N9O18/c1-6-57(77)43-32-45-51-41(34-66(45)55(75)42(43)35-84-56(57)76)39(40-10-8-9-11-44(40)63-51)14-18-64(7-2)50(71)33-59-52(72)36(3)61-54(74)38(5)62-53(73)37(4)60-47(68)16-20-78-22-24-80-26-28-82-30-31-83-29-27-81-25-23-79-21-17-58-46(67)15-19-65-48(69)12-13-49(65)70/h8-13,32,36-38,77H,6-7,14-31,33-35H2,1-5H3,(H,58,67)(H,59,72)(H,60,68)(H,61,74)(H,62,73)/t36-,37-,38-,57-/m0/s1. The minimum absolute atomic E-state index is 0.0100. The van der Waals surface area contributed by atoms with Gasteiger partial charge in [-0.25, -0.2) is 9.78 Å². The number of hydrogen-bond donors (Lipinski definition) is 6. The number of rotatable bonds is 37. The Balaban J connectivity index is 0.769. The maximum absolute atomic E-state index is 13.9. The Morgan fingerprint density at radius 2 is 1.26 bits per heavy atom. The van der Waals surface area contributed by atoms with Crippen molar-refractivity contribution in [3.8, 4) is 11.4 Å². The van der Waals surface area contributed by atoms with Crippen LogP contribution in [0.5, 0.6) is 0 Å². The molecular weight excluding hydrogens is 1100 g/mol. The molecule has 5 heterocycles. The van der Waals surface area contributed by atoms with Crippen LogP contribution < -0.4 is 32.1 Å². The summed E-state index contributed by atoms with van der Waals surface area (Å²) in [5.41, 5.74) is 1.38. The number of esters is 1. The van der Waals surface area contributed by atoms with Crippen molar-refractivity contribution in [1.29, 1.82) is 0 Å². The fraction of sp³-hybridized carbons (Fsp3) is 0.561. The molecule has 3 aliphatic rings. The summed E-state index contributed by atoms with van der Waals surface area (Å²) < 4.78 is 39.5. The number of amides is 8. The molecule has 3 aliphatic heterocycles. The van der Waals surface area contributed by atoms with E-state index in [0.717, 1.165) is 21.4 Å². The first-order valence-corrected chi connectivity index (χ1v) is 28.2. The third-order valence-electron chi connectivity index (χ3n) is 14.1. The number of nitrogens with zero attached hydrogens (tertiary/aromatic N) is 4. The van der Waals surface area contributed by atoms with Gasteiger partial charge in [0.15, 0.2) is 5.60 Å². The predicted octanol–water partition coefficient (Wildman–Crippen LogP) is -0.978. The number of fused-ring (bicyclic) bond motifs is 5. The van der Waals surface area contributed by atoms with E-state index in [1.54, 1.807) is 22.5 Å². The second-order valence-electron chi connectivity index (χ2n) is 19.9. The Bertz CT molecular complexity index is 2930. The first-order chi connectivity index (χ1) is 40.4. The zero-order valence-corrected chi connectivity index (χ0v) is 48.2. The molecule has 84 heavy (non-hydrogen) atoms. The summed E-state index contributed by atoms with van der Waals surface area (Å²) in [5, 5.41) is 25.0. The van der Waals surface area contributed by atoms with Crippen molar-refractivity contribution >= 4 is 64.1 Å². The first kappa shape index (κ1) is 65.6. The quantitative estimate of drug-likeness (QED) is 0.0180. The number of cyclic esters (lactones) is 1. The highest BCUT2D eigenvalue weighted by Crippen LogP contribution is 2.40. The van der Waals surface area contributed by atoms with Crippen molar-refractivity contribution in [2.45, 2.75) is 97.2 Å². The number of likely N-dealkylation sites (N-methyl/N-ethyl adjacent to an activating group) is 1. The minimum Gasteiger partial charge on any atom is -0.458 e. The maximum atomic E-state index is 13.9. The Labute approximate surface area is 485 Å². The lowest BCUT2D eigenvalue weighted by Gasteiger charge is -2.31. The molecule has 6 N–H and O–H groups in total. The third-order valence-corrected chi connectivity index (χ3v) is 14.1. The molecule has 458 valence electrons. The molecule has 0 radical (unpaired) electrons. The lowest BCUT2D eigenvalue weighted by Crippen LogP contribution is -2.55. The number of pyridine rings is 2. The van der Waals surface area contributed by atoms with E-state index in [9.17, 15) is 53.1 Å². The summed E-state index contributed by atoms with van der Waals surface area (Å²) in [7, 11) is 0. The number of para-hydroxylation sites is 1. The topological polar surface area (TPSA) is 340 Å². The molecule has 3 aromatic rings. The van der Waals surface area contributed by atoms with Gasteiger partial charge in [0.05, 0.1) is 115 Å². The van der Waals surface area contributed by atoms with Crippen LogP contribution in [0.4, 0.5) is 0 Å². The van der Waals surface area contributed by atoms with E-state index >= 15 is 0 Å². The van der Waals surface area contributed by atoms with Crippen LogP contribution >= 0.6 is 0 Å². The maximum Gasteiger partial charge on any atom is 0.343 e. The number of ether oxygens (including phenoxy) is 7. The van der Waals surface area contributed by atoms with Gasteiger partial charge >= 0.3 is 5.97 Å². The van der Waals surface area contributed by atoms with E-state index in [-0.39, 0.29) is 114 Å². The average Bonchev–Trinajstić information content (AvgIpc) is 2.33. The fourth-order valence-electron chi connectivity index (χ4n) is 9.30. The van der Waals surface area contributed by atoms with Crippen molar-refractivity contribution in [3.05, 3.63) is 75.1 Å². The lowest BCUT2D eigenvalue weighted by atomic mass is 9.86. The molecule has 6 rings (SSSR count). The second kappa shape index (κ2) is 32.5. The van der Waals surface area contributed by atoms with Crippen molar-refractivity contribution in [2.24, 2.45) is 0 Å². The summed E-state index contributed by atoms with van der Waals surface area (Å²) in [6, 6.07) is 5.99. The first-order valence-electron chi connectivity index (χ1n) is 28.2. The fourth-order valence-corrected chi connectivity index (χ4v) is 9.30. The summed E-state index contributed by atoms with van der Waals surface area (Å²) in [5.74, 6) is -4.71. The summed E-state index contributed by atoms with van der Waals surface area (Å²) in [6.45, 7) is 11.9. The molecule has 0 aliphatic carbocycles. The predicted molar refractivity (Wildman–Crippen MR) is 299 cm³/mol. The van der Waals surface area contributed by atoms with E-state index in [0.29, 0.717) is 82.7 Å². The van der Waals surface area contributed by atoms with Gasteiger partial charge < -0.3 is 74.3 Å². The van der Waals surface area contributed by atoms with E-state index in [2.05, 4.69) is 26.6 Å². The van der Waals surface area contributed by atoms with Crippen LogP contribution in [0.2, 0.25) is 0 Å². The number of imide groups is 1. The minimum atomic E-state index is -1.97. The molecule has 2 aromatic heterocycles. The molecule has 0 saturated carbocycles. The number of carbonyl (C=O) groups is 9. The van der Waals surface area contributed by atoms with Gasteiger partial charge in [-0.1, -0.05) is 25.1 Å². The Hall–Kier alpha value is -7.53. The monoisotopic (exact) mass is 1180 g/mol. The van der Waals surface area contributed by atoms with Crippen molar-refractivity contribution in [3.63, 3.8) is 0 Å². The van der Waals surface area contributed by atoms with Crippen LogP contribution in [0, 0.1) is 0 Å². The van der Waals surface area contributed by atoms with Crippen LogP contribution in [0.15, 0.2) is 47.3 Å². The molecular formula is C57H77N9O18. The molecule has 0 fully saturated rings. The molecule has 0 unspecified atom stereocenters. The van der Waals surface area contributed by atoms with Gasteiger partial charge in [-0.15, -0.1) is 0 Å². The number of carbonyl (C=O) groups excluding carboxylic acids is 9. The van der Waals surface area contributed by atoms with Crippen molar-refractivity contribution < 1.29 is 81.4 Å². The molecule has 0 bridgehead atoms. The SMILES string of the molecule is CCN(CCc1c2c(nc3ccccc13)-c1cc3c(c(=O)n1C2)COC(=O)[C@]3(O)CC)C(=O)CNC(=O)[C@H](C)NC(=O)[C@H](C)NC(=O)[C@H](C)NC(=O)CCOCCOCCOCCOCCOCCOCCNC(=O)CCN1C(=O)C=CC1=O. The number of nitrogens with one attached hydrogen (secondary N) is 5. The molecule has 0 saturated heterocycles. The summed E-state index contributed by atoms with van der Waals surface area (Å²) >= 11 is 0. The van der Waals surface area contributed by atoms with Crippen molar-refractivity contribution in [1.82, 2.24) is 45.9 Å². The normalized spacial score (nSPS) is 16.1. The van der Waals surface area contributed by atoms with Gasteiger partial charge in [-0.2, -0.15) is 0 Å². The number of aliphatic hydroxyl groups is 1. The molecule has 27 heteroatoms. The van der Waals surface area contributed by atoms with E-state index < -0.39 is 65.1 Å². The zero-order valence-electron chi connectivity index (χ0n) is 48.2. The summed E-state index contributed by atoms with van der Waals surface area (Å²) in [6.07, 6.45) is 2.71. The molecule has 0 spiro atoms. The largest absolute Gasteiger partial charge is 0.458 e. The highest BCUT2D eigenvalue weighted by molar-refractivity contribution is 6.13. The smallest absolute Gasteiger partial charge is 0.343 e. The Morgan fingerprint density at radius 1 is 0.702 bits per heavy atom. The number of hydrogen-bond acceptors (Lipinski definition) is 19. The van der Waals surface area contributed by atoms with E-state index in [1.165, 1.54) is 32.9 Å². The molecule has 1 aromatic carbocycles. The van der Waals surface area contributed by atoms with Gasteiger partial charge in [0.25, 0.3) is 17.4 Å². The van der Waals surface area contributed by atoms with Crippen LogP contribution in [0.25, 0.3) is 22.3 Å². The third kappa shape index (κ3) is 18.0. The van der Waals surface area contributed by atoms with Gasteiger partial charge in [0.1, 0.15) is 24.7 Å². The van der Waals surface area contributed by atoms with Gasteiger partial charge in [0, 0.05) is 67.7 Å². The van der Waals surface area contributed by atoms with Crippen LogP contribution in [-0.4, -0.2) is 208 Å². The average molecular weight is 1180 g/mol. The van der Waals surface area contributed by atoms with Gasteiger partial charge in [0.2, 0.25) is 35.4 Å². The molecule has 4 atom stereocenters. The zero-order chi connectivity index (χ0) is 60.8. The second-order valence-corrected chi connectivity index (χ2v) is 19.9. The highest BCUT2D eigenvalue weighted by Gasteiger charge is 2.45. The van der Waals surface area contributed by atoms with Crippen LogP contribution in [0.1, 0.15) is 76.1 Å². The van der Waals surface area contributed by atoms with Crippen LogP contribution in [-0.2, 0) is 101 Å². The summed E-state index contributed by atoms with van der Waals surface area (Å²) in [4.78, 5) is 134. The molecule has 8 amide bonds. The van der Waals surface area contributed by atoms with Crippen LogP contribution in [0.3, 0.4) is 0 Å². The van der Waals surface area contributed by atoms with Gasteiger partial charge in [-0.05, 0) is 58.2 Å².